The zero-order valence-electron chi connectivity index (χ0n) is 15.4. The Kier molecular flexibility index (Phi) is 5.57. The molecule has 3 aromatic carbocycles. The number of rotatable bonds is 6. The standard InChI is InChI=1S/C23H23NO3/c1-17(24-22(25)18-13-15-21(27-2)16-14-18)23(26,19-9-5-3-6-10-19)20-11-7-4-8-12-20/h3-17,26H,1-2H3,(H,24,25)/t17-/m0/s1. The van der Waals surface area contributed by atoms with Crippen molar-refractivity contribution in [1.29, 1.82) is 0 Å². The van der Waals surface area contributed by atoms with Gasteiger partial charge in [0.1, 0.15) is 11.4 Å². The molecule has 0 spiro atoms. The minimum absolute atomic E-state index is 0.254. The number of carbonyl (C=O) groups is 1. The van der Waals surface area contributed by atoms with Gasteiger partial charge >= 0.3 is 0 Å². The molecule has 0 fully saturated rings. The van der Waals surface area contributed by atoms with Crippen molar-refractivity contribution in [3.05, 3.63) is 102 Å². The van der Waals surface area contributed by atoms with Crippen LogP contribution >= 0.6 is 0 Å². The third-order valence-electron chi connectivity index (χ3n) is 4.75. The molecule has 4 heteroatoms. The molecule has 0 aliphatic heterocycles. The Hall–Kier alpha value is -3.11. The SMILES string of the molecule is COc1ccc(C(=O)N[C@@H](C)C(O)(c2ccccc2)c2ccccc2)cc1. The molecular weight excluding hydrogens is 338 g/mol. The molecule has 3 rings (SSSR count). The molecule has 2 N–H and O–H groups in total. The fraction of sp³-hybridized carbons (Fsp3) is 0.174. The Morgan fingerprint density at radius 2 is 1.37 bits per heavy atom. The predicted molar refractivity (Wildman–Crippen MR) is 106 cm³/mol. The number of hydrogen-bond acceptors (Lipinski definition) is 3. The van der Waals surface area contributed by atoms with Crippen LogP contribution in [-0.4, -0.2) is 24.2 Å². The van der Waals surface area contributed by atoms with E-state index < -0.39 is 11.6 Å². The highest BCUT2D eigenvalue weighted by atomic mass is 16.5. The smallest absolute Gasteiger partial charge is 0.251 e. The Morgan fingerprint density at radius 1 is 0.889 bits per heavy atom. The lowest BCUT2D eigenvalue weighted by Crippen LogP contribution is -2.49. The van der Waals surface area contributed by atoms with Crippen LogP contribution in [0, 0.1) is 0 Å². The molecule has 0 aliphatic carbocycles. The lowest BCUT2D eigenvalue weighted by atomic mass is 9.80. The van der Waals surface area contributed by atoms with Gasteiger partial charge in [-0.25, -0.2) is 0 Å². The van der Waals surface area contributed by atoms with Crippen LogP contribution in [0.2, 0.25) is 0 Å². The van der Waals surface area contributed by atoms with E-state index >= 15 is 0 Å². The minimum atomic E-state index is -1.36. The number of benzene rings is 3. The summed E-state index contributed by atoms with van der Waals surface area (Å²) in [6.45, 7) is 1.81. The first kappa shape index (κ1) is 18.7. The Balaban J connectivity index is 1.91. The van der Waals surface area contributed by atoms with E-state index in [1.165, 1.54) is 0 Å². The van der Waals surface area contributed by atoms with Crippen molar-refractivity contribution in [2.75, 3.05) is 7.11 Å². The largest absolute Gasteiger partial charge is 0.497 e. The summed E-state index contributed by atoms with van der Waals surface area (Å²) in [7, 11) is 1.58. The van der Waals surface area contributed by atoms with Gasteiger partial charge < -0.3 is 15.2 Å². The van der Waals surface area contributed by atoms with Crippen molar-refractivity contribution in [1.82, 2.24) is 5.32 Å². The van der Waals surface area contributed by atoms with Gasteiger partial charge in [-0.1, -0.05) is 60.7 Å². The zero-order chi connectivity index (χ0) is 19.3. The van der Waals surface area contributed by atoms with Gasteiger partial charge in [0.05, 0.1) is 13.2 Å². The lowest BCUT2D eigenvalue weighted by Gasteiger charge is -2.35. The fourth-order valence-corrected chi connectivity index (χ4v) is 3.18. The van der Waals surface area contributed by atoms with E-state index in [2.05, 4.69) is 5.32 Å². The second kappa shape index (κ2) is 8.06. The number of ether oxygens (including phenoxy) is 1. The highest BCUT2D eigenvalue weighted by molar-refractivity contribution is 5.94. The Bertz CT molecular complexity index is 837. The number of aliphatic hydroxyl groups is 1. The van der Waals surface area contributed by atoms with Gasteiger partial charge in [0.2, 0.25) is 0 Å². The number of amides is 1. The summed E-state index contributed by atoms with van der Waals surface area (Å²) in [4.78, 5) is 12.7. The lowest BCUT2D eigenvalue weighted by molar-refractivity contribution is 0.0404. The summed E-state index contributed by atoms with van der Waals surface area (Å²) in [6, 6.07) is 25.1. The molecule has 3 aromatic rings. The molecule has 0 saturated heterocycles. The monoisotopic (exact) mass is 361 g/mol. The van der Waals surface area contributed by atoms with Crippen molar-refractivity contribution in [2.45, 2.75) is 18.6 Å². The summed E-state index contributed by atoms with van der Waals surface area (Å²) >= 11 is 0. The minimum Gasteiger partial charge on any atom is -0.497 e. The van der Waals surface area contributed by atoms with Crippen molar-refractivity contribution in [2.24, 2.45) is 0 Å². The third-order valence-corrected chi connectivity index (χ3v) is 4.75. The van der Waals surface area contributed by atoms with Crippen LogP contribution in [0.25, 0.3) is 0 Å². The molecule has 1 amide bonds. The molecule has 138 valence electrons. The van der Waals surface area contributed by atoms with Gasteiger partial charge in [-0.05, 0) is 42.3 Å². The zero-order valence-corrected chi connectivity index (χ0v) is 15.4. The maximum atomic E-state index is 12.7. The topological polar surface area (TPSA) is 58.6 Å². The van der Waals surface area contributed by atoms with Crippen LogP contribution in [0.15, 0.2) is 84.9 Å². The molecule has 0 bridgehead atoms. The van der Waals surface area contributed by atoms with Crippen LogP contribution < -0.4 is 10.1 Å². The average Bonchev–Trinajstić information content (AvgIpc) is 2.74. The normalized spacial score (nSPS) is 12.3. The number of methoxy groups -OCH3 is 1. The van der Waals surface area contributed by atoms with E-state index in [1.807, 2.05) is 60.7 Å². The highest BCUT2D eigenvalue weighted by Gasteiger charge is 2.38. The molecule has 27 heavy (non-hydrogen) atoms. The molecule has 0 unspecified atom stereocenters. The molecule has 0 aromatic heterocycles. The third kappa shape index (κ3) is 3.86. The maximum absolute atomic E-state index is 12.7. The number of hydrogen-bond donors (Lipinski definition) is 2. The van der Waals surface area contributed by atoms with Crippen molar-refractivity contribution < 1.29 is 14.6 Å². The highest BCUT2D eigenvalue weighted by Crippen LogP contribution is 2.33. The van der Waals surface area contributed by atoms with Crippen LogP contribution in [0.4, 0.5) is 0 Å². The first-order valence-corrected chi connectivity index (χ1v) is 8.84. The van der Waals surface area contributed by atoms with Gasteiger partial charge in [0.15, 0.2) is 0 Å². The summed E-state index contributed by atoms with van der Waals surface area (Å²) in [5.41, 5.74) is 0.591. The van der Waals surface area contributed by atoms with E-state index in [1.54, 1.807) is 38.3 Å². The quantitative estimate of drug-likeness (QED) is 0.703. The van der Waals surface area contributed by atoms with Gasteiger partial charge in [-0.3, -0.25) is 4.79 Å². The van der Waals surface area contributed by atoms with Crippen molar-refractivity contribution in [3.63, 3.8) is 0 Å². The first-order chi connectivity index (χ1) is 13.1. The fourth-order valence-electron chi connectivity index (χ4n) is 3.18. The molecule has 0 heterocycles. The molecule has 0 radical (unpaired) electrons. The van der Waals surface area contributed by atoms with Gasteiger partial charge in [-0.2, -0.15) is 0 Å². The Labute approximate surface area is 159 Å². The molecule has 4 nitrogen and oxygen atoms in total. The van der Waals surface area contributed by atoms with E-state index in [0.717, 1.165) is 11.1 Å². The van der Waals surface area contributed by atoms with Gasteiger partial charge in [0.25, 0.3) is 5.91 Å². The van der Waals surface area contributed by atoms with Crippen LogP contribution in [0.3, 0.4) is 0 Å². The molecule has 0 saturated carbocycles. The van der Waals surface area contributed by atoms with Crippen LogP contribution in [-0.2, 0) is 5.60 Å². The second-order valence-corrected chi connectivity index (χ2v) is 6.42. The summed E-state index contributed by atoms with van der Waals surface area (Å²) in [6.07, 6.45) is 0. The van der Waals surface area contributed by atoms with Crippen LogP contribution in [0.5, 0.6) is 5.75 Å². The molecular formula is C23H23NO3. The Morgan fingerprint density at radius 3 is 1.81 bits per heavy atom. The van der Waals surface area contributed by atoms with Crippen molar-refractivity contribution in [3.8, 4) is 5.75 Å². The van der Waals surface area contributed by atoms with E-state index in [0.29, 0.717) is 11.3 Å². The van der Waals surface area contributed by atoms with E-state index in [4.69, 9.17) is 4.74 Å². The summed E-state index contributed by atoms with van der Waals surface area (Å²) in [5.74, 6) is 0.431. The molecule has 0 aliphatic rings. The predicted octanol–water partition coefficient (Wildman–Crippen LogP) is 3.75. The van der Waals surface area contributed by atoms with Gasteiger partial charge in [0, 0.05) is 5.56 Å². The van der Waals surface area contributed by atoms with Crippen LogP contribution in [0.1, 0.15) is 28.4 Å². The number of carbonyl (C=O) groups excluding carboxylic acids is 1. The number of nitrogens with one attached hydrogen (secondary N) is 1. The second-order valence-electron chi connectivity index (χ2n) is 6.42. The van der Waals surface area contributed by atoms with E-state index in [9.17, 15) is 9.90 Å². The summed E-state index contributed by atoms with van der Waals surface area (Å²) < 4.78 is 5.13. The average molecular weight is 361 g/mol. The maximum Gasteiger partial charge on any atom is 0.251 e. The molecule has 1 atom stereocenters. The summed E-state index contributed by atoms with van der Waals surface area (Å²) in [5, 5.41) is 14.6. The first-order valence-electron chi connectivity index (χ1n) is 8.84. The van der Waals surface area contributed by atoms with Crippen molar-refractivity contribution >= 4 is 5.91 Å². The van der Waals surface area contributed by atoms with Gasteiger partial charge in [-0.15, -0.1) is 0 Å². The van der Waals surface area contributed by atoms with E-state index in [-0.39, 0.29) is 5.91 Å².